The van der Waals surface area contributed by atoms with Crippen molar-refractivity contribution in [2.24, 2.45) is 11.3 Å². The maximum Gasteiger partial charge on any atom is 0.188 e. The van der Waals surface area contributed by atoms with Gasteiger partial charge in [-0.3, -0.25) is 14.5 Å². The van der Waals surface area contributed by atoms with Crippen LogP contribution in [0.3, 0.4) is 0 Å². The van der Waals surface area contributed by atoms with Gasteiger partial charge in [0.25, 0.3) is 0 Å². The molecule has 6 rings (SSSR count). The summed E-state index contributed by atoms with van der Waals surface area (Å²) in [6, 6.07) is 0.0383. The molecule has 1 N–H and O–H groups in total. The van der Waals surface area contributed by atoms with Gasteiger partial charge in [0, 0.05) is 19.0 Å². The molecule has 4 fully saturated rings. The van der Waals surface area contributed by atoms with E-state index in [0.717, 1.165) is 43.0 Å². The number of carbonyl (C=O) groups is 2. The molecule has 25 heavy (non-hydrogen) atoms. The van der Waals surface area contributed by atoms with Crippen molar-refractivity contribution < 1.29 is 19.4 Å². The van der Waals surface area contributed by atoms with Crippen molar-refractivity contribution in [1.82, 2.24) is 4.90 Å². The van der Waals surface area contributed by atoms with E-state index in [4.69, 9.17) is 4.74 Å². The second-order valence-corrected chi connectivity index (χ2v) is 8.84. The number of ether oxygens (including phenoxy) is 1. The largest absolute Gasteiger partial charge is 0.387 e. The standard InChI is InChI=1S/C20H23NO4/c22-13-4-3-12-9-15-20(24)6-5-14(23)18-19(20,16(12)17(13)25-18)7-8-21(15)10-11-1-2-11/h3-4,11,15,17-18,24H,1-2,5-10H2/t15-,17?,18+,19+,20-/m1/s1. The SMILES string of the molecule is O=C1C=CC2=C3C1O[C@H]1C(=O)CC[C@@]4(O)[C@@H](C2)N(CC2CC2)CC[C@]314. The zero-order chi connectivity index (χ0) is 17.0. The smallest absolute Gasteiger partial charge is 0.188 e. The van der Waals surface area contributed by atoms with Gasteiger partial charge in [0.05, 0.1) is 11.0 Å². The molecule has 2 bridgehead atoms. The van der Waals surface area contributed by atoms with Gasteiger partial charge in [0.1, 0.15) is 12.2 Å². The molecule has 1 spiro atoms. The summed E-state index contributed by atoms with van der Waals surface area (Å²) in [5, 5.41) is 12.0. The summed E-state index contributed by atoms with van der Waals surface area (Å²) in [6.07, 6.45) is 7.17. The van der Waals surface area contributed by atoms with E-state index in [1.54, 1.807) is 6.08 Å². The molecule has 5 heteroatoms. The highest BCUT2D eigenvalue weighted by Gasteiger charge is 2.74. The van der Waals surface area contributed by atoms with Crippen molar-refractivity contribution in [3.05, 3.63) is 23.3 Å². The normalized spacial score (nSPS) is 48.1. The molecule has 0 aromatic carbocycles. The number of allylic oxidation sites excluding steroid dienone is 1. The van der Waals surface area contributed by atoms with Gasteiger partial charge in [0.15, 0.2) is 11.6 Å². The molecule has 1 unspecified atom stereocenters. The van der Waals surface area contributed by atoms with Gasteiger partial charge in [-0.05, 0) is 61.8 Å². The average Bonchev–Trinajstić information content (AvgIpc) is 3.32. The van der Waals surface area contributed by atoms with Crippen LogP contribution in [0.25, 0.3) is 0 Å². The van der Waals surface area contributed by atoms with Crippen molar-refractivity contribution in [1.29, 1.82) is 0 Å². The topological polar surface area (TPSA) is 66.8 Å². The minimum atomic E-state index is -0.947. The van der Waals surface area contributed by atoms with Crippen molar-refractivity contribution in [2.75, 3.05) is 13.1 Å². The Balaban J connectivity index is 1.55. The first-order chi connectivity index (χ1) is 12.0. The first-order valence-electron chi connectivity index (χ1n) is 9.65. The number of hydrogen-bond acceptors (Lipinski definition) is 5. The Morgan fingerprint density at radius 2 is 2.08 bits per heavy atom. The molecule has 132 valence electrons. The molecule has 2 aliphatic heterocycles. The molecule has 5 atom stereocenters. The third-order valence-electron chi connectivity index (χ3n) is 7.72. The maximum absolute atomic E-state index is 12.7. The zero-order valence-electron chi connectivity index (χ0n) is 14.2. The van der Waals surface area contributed by atoms with Crippen LogP contribution in [-0.4, -0.2) is 58.5 Å². The average molecular weight is 341 g/mol. The number of ketones is 2. The summed E-state index contributed by atoms with van der Waals surface area (Å²) in [5.74, 6) is 0.761. The van der Waals surface area contributed by atoms with E-state index in [9.17, 15) is 14.7 Å². The molecule has 2 saturated heterocycles. The second kappa shape index (κ2) is 4.51. The van der Waals surface area contributed by atoms with Crippen molar-refractivity contribution in [3.63, 3.8) is 0 Å². The molecular formula is C20H23NO4. The Morgan fingerprint density at radius 3 is 2.88 bits per heavy atom. The molecule has 0 aromatic rings. The highest BCUT2D eigenvalue weighted by molar-refractivity contribution is 6.01. The van der Waals surface area contributed by atoms with E-state index in [1.165, 1.54) is 12.8 Å². The van der Waals surface area contributed by atoms with E-state index in [2.05, 4.69) is 4.90 Å². The third kappa shape index (κ3) is 1.61. The van der Waals surface area contributed by atoms with E-state index in [1.807, 2.05) is 6.08 Å². The molecule has 0 amide bonds. The third-order valence-corrected chi connectivity index (χ3v) is 7.72. The summed E-state index contributed by atoms with van der Waals surface area (Å²) in [4.78, 5) is 27.6. The maximum atomic E-state index is 12.7. The highest BCUT2D eigenvalue weighted by Crippen LogP contribution is 2.66. The molecule has 2 heterocycles. The number of hydrogen-bond donors (Lipinski definition) is 1. The number of aliphatic hydroxyl groups is 1. The van der Waals surface area contributed by atoms with Gasteiger partial charge in [-0.2, -0.15) is 0 Å². The molecule has 0 radical (unpaired) electrons. The van der Waals surface area contributed by atoms with Crippen LogP contribution < -0.4 is 0 Å². The summed E-state index contributed by atoms with van der Waals surface area (Å²) in [7, 11) is 0. The Kier molecular flexibility index (Phi) is 2.67. The summed E-state index contributed by atoms with van der Waals surface area (Å²) < 4.78 is 6.06. The predicted molar refractivity (Wildman–Crippen MR) is 88.8 cm³/mol. The van der Waals surface area contributed by atoms with Crippen LogP contribution in [-0.2, 0) is 14.3 Å². The molecule has 0 aromatic heterocycles. The molecule has 2 saturated carbocycles. The zero-order valence-corrected chi connectivity index (χ0v) is 14.2. The van der Waals surface area contributed by atoms with E-state index >= 15 is 0 Å². The van der Waals surface area contributed by atoms with Crippen molar-refractivity contribution in [3.8, 4) is 0 Å². The lowest BCUT2D eigenvalue weighted by Crippen LogP contribution is -2.74. The monoisotopic (exact) mass is 341 g/mol. The van der Waals surface area contributed by atoms with Gasteiger partial charge < -0.3 is 9.84 Å². The molecular weight excluding hydrogens is 318 g/mol. The minimum absolute atomic E-state index is 0.0383. The Hall–Kier alpha value is -1.30. The number of piperidine rings is 1. The van der Waals surface area contributed by atoms with Gasteiger partial charge in [-0.1, -0.05) is 6.08 Å². The Labute approximate surface area is 146 Å². The summed E-state index contributed by atoms with van der Waals surface area (Å²) >= 11 is 0. The van der Waals surface area contributed by atoms with E-state index < -0.39 is 23.2 Å². The van der Waals surface area contributed by atoms with Gasteiger partial charge in [-0.15, -0.1) is 0 Å². The fourth-order valence-corrected chi connectivity index (χ4v) is 6.46. The number of rotatable bonds is 2. The number of Topliss-reactive ketones (excluding diaryl/α,β-unsaturated/α-hetero) is 1. The number of likely N-dealkylation sites (tertiary alicyclic amines) is 1. The lowest BCUT2D eigenvalue weighted by molar-refractivity contribution is -0.207. The fourth-order valence-electron chi connectivity index (χ4n) is 6.46. The van der Waals surface area contributed by atoms with Crippen LogP contribution in [0.5, 0.6) is 0 Å². The number of nitrogens with zero attached hydrogens (tertiary/aromatic N) is 1. The Morgan fingerprint density at radius 1 is 1.24 bits per heavy atom. The highest BCUT2D eigenvalue weighted by atomic mass is 16.5. The van der Waals surface area contributed by atoms with Crippen LogP contribution in [0.1, 0.15) is 38.5 Å². The van der Waals surface area contributed by atoms with Crippen LogP contribution in [0.4, 0.5) is 0 Å². The lowest BCUT2D eigenvalue weighted by Gasteiger charge is -2.63. The van der Waals surface area contributed by atoms with Crippen LogP contribution >= 0.6 is 0 Å². The molecule has 6 aliphatic rings. The van der Waals surface area contributed by atoms with Gasteiger partial charge in [0.2, 0.25) is 0 Å². The van der Waals surface area contributed by atoms with Crippen LogP contribution in [0, 0.1) is 11.3 Å². The van der Waals surface area contributed by atoms with Crippen LogP contribution in [0.2, 0.25) is 0 Å². The quantitative estimate of drug-likeness (QED) is 0.816. The van der Waals surface area contributed by atoms with Crippen molar-refractivity contribution in [2.45, 2.75) is 62.4 Å². The summed E-state index contributed by atoms with van der Waals surface area (Å²) in [6.45, 7) is 1.94. The van der Waals surface area contributed by atoms with Gasteiger partial charge >= 0.3 is 0 Å². The Bertz CT molecular complexity index is 766. The predicted octanol–water partition coefficient (Wildman–Crippen LogP) is 1.16. The minimum Gasteiger partial charge on any atom is -0.387 e. The van der Waals surface area contributed by atoms with Crippen LogP contribution in [0.15, 0.2) is 23.3 Å². The lowest BCUT2D eigenvalue weighted by atomic mass is 9.48. The van der Waals surface area contributed by atoms with E-state index in [0.29, 0.717) is 12.8 Å². The summed E-state index contributed by atoms with van der Waals surface area (Å²) in [5.41, 5.74) is 0.462. The molecule has 5 nitrogen and oxygen atoms in total. The molecule has 4 aliphatic carbocycles. The second-order valence-electron chi connectivity index (χ2n) is 8.84. The van der Waals surface area contributed by atoms with Gasteiger partial charge in [-0.25, -0.2) is 0 Å². The fraction of sp³-hybridized carbons (Fsp3) is 0.700. The van der Waals surface area contributed by atoms with Crippen molar-refractivity contribution >= 4 is 11.6 Å². The number of carbonyl (C=O) groups excluding carboxylic acids is 2. The van der Waals surface area contributed by atoms with E-state index in [-0.39, 0.29) is 17.6 Å². The first kappa shape index (κ1) is 14.8. The first-order valence-corrected chi connectivity index (χ1v) is 9.65.